The molecule has 2 rings (SSSR count). The van der Waals surface area contributed by atoms with Crippen LogP contribution in [0.1, 0.15) is 18.2 Å². The number of hydrogen-bond donors (Lipinski definition) is 0. The molecule has 2 heteroatoms. The molecular formula is C11H12N2. The first kappa shape index (κ1) is 8.30. The van der Waals surface area contributed by atoms with E-state index in [1.165, 1.54) is 5.56 Å². The first-order chi connectivity index (χ1) is 6.22. The number of hydrogen-bond acceptors (Lipinski definition) is 1. The fraction of sp³-hybridized carbons (Fsp3) is 0.273. The highest BCUT2D eigenvalue weighted by Crippen LogP contribution is 2.18. The second-order valence-corrected chi connectivity index (χ2v) is 3.21. The van der Waals surface area contributed by atoms with Gasteiger partial charge in [-0.05, 0) is 24.1 Å². The van der Waals surface area contributed by atoms with Gasteiger partial charge in [0.25, 0.3) is 0 Å². The van der Waals surface area contributed by atoms with Gasteiger partial charge in [0.05, 0.1) is 11.2 Å². The van der Waals surface area contributed by atoms with Crippen molar-refractivity contribution < 1.29 is 0 Å². The number of rotatable bonds is 1. The molecule has 66 valence electrons. The van der Waals surface area contributed by atoms with Crippen LogP contribution >= 0.6 is 0 Å². The zero-order valence-electron chi connectivity index (χ0n) is 7.91. The molecule has 0 amide bonds. The lowest BCUT2D eigenvalue weighted by molar-refractivity contribution is 0.790. The summed E-state index contributed by atoms with van der Waals surface area (Å²) in [6.07, 6.45) is 1.03. The molecule has 0 fully saturated rings. The van der Waals surface area contributed by atoms with Gasteiger partial charge in [-0.1, -0.05) is 13.0 Å². The Hall–Kier alpha value is -1.31. The van der Waals surface area contributed by atoms with Gasteiger partial charge >= 0.3 is 0 Å². The Balaban J connectivity index is 2.76. The molecule has 1 aromatic heterocycles. The molecule has 0 saturated carbocycles. The molecule has 1 heterocycles. The maximum absolute atomic E-state index is 5.77. The summed E-state index contributed by atoms with van der Waals surface area (Å²) < 4.78 is 1.81. The monoisotopic (exact) mass is 172 g/mol. The van der Waals surface area contributed by atoms with E-state index in [0.717, 1.165) is 17.3 Å². The van der Waals surface area contributed by atoms with E-state index in [0.29, 0.717) is 5.69 Å². The maximum atomic E-state index is 5.77. The Morgan fingerprint density at radius 1 is 1.46 bits per heavy atom. The number of fused-ring (bicyclic) bond motifs is 1. The molecular weight excluding hydrogens is 160 g/mol. The Kier molecular flexibility index (Phi) is 1.83. The average molecular weight is 172 g/mol. The van der Waals surface area contributed by atoms with Gasteiger partial charge in [0.15, 0.2) is 0 Å². The minimum Gasteiger partial charge on any atom is -0.268 e. The van der Waals surface area contributed by atoms with Gasteiger partial charge in [0.2, 0.25) is 0 Å². The fourth-order valence-electron chi connectivity index (χ4n) is 1.56. The van der Waals surface area contributed by atoms with Gasteiger partial charge in [0.1, 0.15) is 0 Å². The van der Waals surface area contributed by atoms with Crippen molar-refractivity contribution >= 4 is 10.9 Å². The minimum atomic E-state index is 0.618. The van der Waals surface area contributed by atoms with Crippen LogP contribution in [0.2, 0.25) is 0 Å². The lowest BCUT2D eigenvalue weighted by Gasteiger charge is -1.97. The van der Waals surface area contributed by atoms with Crippen LogP contribution < -0.4 is 0 Å². The normalized spacial score (nSPS) is 11.0. The zero-order chi connectivity index (χ0) is 9.42. The number of aromatic nitrogens is 2. The number of nitrogens with zero attached hydrogens (tertiary/aromatic N) is 2. The molecule has 1 aromatic carbocycles. The lowest BCUT2D eigenvalue weighted by Crippen LogP contribution is -1.89. The molecule has 2 radical (unpaired) electrons. The van der Waals surface area contributed by atoms with Gasteiger partial charge in [0, 0.05) is 19.4 Å². The van der Waals surface area contributed by atoms with Crippen LogP contribution in [0.15, 0.2) is 18.2 Å². The van der Waals surface area contributed by atoms with Gasteiger partial charge in [-0.2, -0.15) is 5.10 Å². The summed E-state index contributed by atoms with van der Waals surface area (Å²) in [6, 6.07) is 6.29. The zero-order valence-corrected chi connectivity index (χ0v) is 7.91. The fourth-order valence-corrected chi connectivity index (χ4v) is 1.56. The molecule has 0 saturated heterocycles. The molecule has 0 bridgehead atoms. The average Bonchev–Trinajstić information content (AvgIpc) is 2.42. The smallest absolute Gasteiger partial charge is 0.0748 e. The molecule has 0 atom stereocenters. The van der Waals surface area contributed by atoms with Crippen molar-refractivity contribution in [1.82, 2.24) is 9.78 Å². The predicted octanol–water partition coefficient (Wildman–Crippen LogP) is 2.19. The third kappa shape index (κ3) is 1.22. The summed E-state index contributed by atoms with van der Waals surface area (Å²) in [5, 5.41) is 5.22. The molecule has 0 unspecified atom stereocenters. The van der Waals surface area contributed by atoms with E-state index < -0.39 is 0 Å². The van der Waals surface area contributed by atoms with Crippen molar-refractivity contribution in [3.8, 4) is 0 Å². The first-order valence-electron chi connectivity index (χ1n) is 4.43. The van der Waals surface area contributed by atoms with Crippen LogP contribution in [0.3, 0.4) is 0 Å². The van der Waals surface area contributed by atoms with Crippen LogP contribution in [0, 0.1) is 6.92 Å². The van der Waals surface area contributed by atoms with E-state index in [1.54, 1.807) is 0 Å². The summed E-state index contributed by atoms with van der Waals surface area (Å²) in [4.78, 5) is 0. The summed E-state index contributed by atoms with van der Waals surface area (Å²) >= 11 is 0. The Morgan fingerprint density at radius 3 is 2.92 bits per heavy atom. The van der Waals surface area contributed by atoms with Gasteiger partial charge in [-0.3, -0.25) is 4.68 Å². The van der Waals surface area contributed by atoms with Crippen molar-refractivity contribution in [1.29, 1.82) is 0 Å². The highest BCUT2D eigenvalue weighted by Gasteiger charge is 2.04. The molecule has 0 spiro atoms. The molecule has 0 aliphatic heterocycles. The Labute approximate surface area is 78.2 Å². The summed E-state index contributed by atoms with van der Waals surface area (Å²) in [5.41, 5.74) is 3.01. The summed E-state index contributed by atoms with van der Waals surface area (Å²) in [6.45, 7) is 7.90. The second-order valence-electron chi connectivity index (χ2n) is 3.21. The van der Waals surface area contributed by atoms with Crippen LogP contribution in [0.5, 0.6) is 0 Å². The predicted molar refractivity (Wildman–Crippen MR) is 53.5 cm³/mol. The minimum absolute atomic E-state index is 0.618. The van der Waals surface area contributed by atoms with Gasteiger partial charge in [-0.25, -0.2) is 0 Å². The van der Waals surface area contributed by atoms with Crippen LogP contribution in [-0.4, -0.2) is 9.78 Å². The Bertz CT molecular complexity index is 441. The molecule has 0 aliphatic rings. The van der Waals surface area contributed by atoms with E-state index >= 15 is 0 Å². The van der Waals surface area contributed by atoms with E-state index in [2.05, 4.69) is 30.2 Å². The molecule has 2 nitrogen and oxygen atoms in total. The highest BCUT2D eigenvalue weighted by atomic mass is 15.3. The molecule has 0 N–H and O–H groups in total. The van der Waals surface area contributed by atoms with Crippen LogP contribution in [0.25, 0.3) is 10.9 Å². The second kappa shape index (κ2) is 2.87. The maximum Gasteiger partial charge on any atom is 0.0748 e. The van der Waals surface area contributed by atoms with E-state index in [-0.39, 0.29) is 0 Å². The van der Waals surface area contributed by atoms with Crippen molar-refractivity contribution in [2.45, 2.75) is 13.3 Å². The molecule has 2 aromatic rings. The quantitative estimate of drug-likeness (QED) is 0.644. The first-order valence-corrected chi connectivity index (χ1v) is 4.43. The van der Waals surface area contributed by atoms with Crippen molar-refractivity contribution in [3.05, 3.63) is 36.4 Å². The molecule has 0 aliphatic carbocycles. The third-order valence-corrected chi connectivity index (χ3v) is 2.35. The topological polar surface area (TPSA) is 17.8 Å². The van der Waals surface area contributed by atoms with Crippen molar-refractivity contribution in [2.75, 3.05) is 0 Å². The lowest BCUT2D eigenvalue weighted by atomic mass is 10.1. The largest absolute Gasteiger partial charge is 0.268 e. The van der Waals surface area contributed by atoms with Crippen LogP contribution in [-0.2, 0) is 13.5 Å². The third-order valence-electron chi connectivity index (χ3n) is 2.35. The Morgan fingerprint density at radius 2 is 2.23 bits per heavy atom. The summed E-state index contributed by atoms with van der Waals surface area (Å²) in [7, 11) is 1.91. The van der Waals surface area contributed by atoms with Crippen molar-refractivity contribution in [2.24, 2.45) is 7.05 Å². The van der Waals surface area contributed by atoms with E-state index in [1.807, 2.05) is 11.7 Å². The SMILES string of the molecule is [CH]c1nn(C)c2ccc(CC)cc12. The van der Waals surface area contributed by atoms with E-state index in [9.17, 15) is 0 Å². The number of aryl methyl sites for hydroxylation is 2. The standard InChI is InChI=1S/C11H12N2/c1-4-9-5-6-11-10(7-9)8(2)12-13(11)3/h2,5-7H,4H2,1,3H3. The van der Waals surface area contributed by atoms with Crippen LogP contribution in [0.4, 0.5) is 0 Å². The highest BCUT2D eigenvalue weighted by molar-refractivity contribution is 5.83. The van der Waals surface area contributed by atoms with Crippen molar-refractivity contribution in [3.63, 3.8) is 0 Å². The molecule has 13 heavy (non-hydrogen) atoms. The number of benzene rings is 1. The summed E-state index contributed by atoms with van der Waals surface area (Å²) in [5.74, 6) is 0. The van der Waals surface area contributed by atoms with Gasteiger partial charge in [-0.15, -0.1) is 0 Å². The van der Waals surface area contributed by atoms with Gasteiger partial charge < -0.3 is 0 Å². The van der Waals surface area contributed by atoms with E-state index in [4.69, 9.17) is 6.92 Å².